The van der Waals surface area contributed by atoms with E-state index in [1.54, 1.807) is 0 Å². The highest BCUT2D eigenvalue weighted by Crippen LogP contribution is 2.66. The minimum atomic E-state index is -0.0770. The Morgan fingerprint density at radius 1 is 1.36 bits per heavy atom. The van der Waals surface area contributed by atoms with Crippen molar-refractivity contribution < 1.29 is 9.53 Å². The zero-order chi connectivity index (χ0) is 9.39. The molecule has 0 amide bonds. The number of allylic oxidation sites excluding steroid dienone is 1. The maximum Gasteiger partial charge on any atom is 0.153 e. The van der Waals surface area contributed by atoms with Gasteiger partial charge in [-0.25, -0.2) is 0 Å². The molecule has 0 aromatic carbocycles. The van der Waals surface area contributed by atoms with Crippen molar-refractivity contribution in [2.75, 3.05) is 0 Å². The monoisotopic (exact) mass is 190 g/mol. The molecule has 2 heterocycles. The highest BCUT2D eigenvalue weighted by atomic mass is 16.5. The Balaban J connectivity index is 1.99. The molecule has 2 aliphatic carbocycles. The predicted octanol–water partition coefficient (Wildman–Crippen LogP) is 2.19. The Morgan fingerprint density at radius 2 is 2.29 bits per heavy atom. The van der Waals surface area contributed by atoms with Crippen LogP contribution in [-0.2, 0) is 9.53 Å². The van der Waals surface area contributed by atoms with Gasteiger partial charge in [0.2, 0.25) is 0 Å². The number of ether oxygens (including phenoxy) is 1. The lowest BCUT2D eigenvalue weighted by atomic mass is 9.70. The fourth-order valence-electron chi connectivity index (χ4n) is 4.33. The molecule has 2 heteroatoms. The lowest BCUT2D eigenvalue weighted by Gasteiger charge is -2.42. The molecule has 14 heavy (non-hydrogen) atoms. The Bertz CT molecular complexity index is 371. The average Bonchev–Trinajstić information content (AvgIpc) is 2.78. The van der Waals surface area contributed by atoms with Crippen LogP contribution in [0.25, 0.3) is 0 Å². The summed E-state index contributed by atoms with van der Waals surface area (Å²) in [5.74, 6) is 1.68. The number of rotatable bonds is 0. The maximum absolute atomic E-state index is 12.3. The number of hydrogen-bond donors (Lipinski definition) is 0. The molecule has 4 bridgehead atoms. The summed E-state index contributed by atoms with van der Waals surface area (Å²) >= 11 is 0. The molecule has 0 aromatic rings. The molecule has 0 aromatic heterocycles. The van der Waals surface area contributed by atoms with Crippen molar-refractivity contribution in [3.05, 3.63) is 11.8 Å². The molecule has 2 aliphatic heterocycles. The van der Waals surface area contributed by atoms with Crippen LogP contribution in [0, 0.1) is 11.3 Å². The molecule has 0 radical (unpaired) electrons. The second kappa shape index (κ2) is 1.93. The summed E-state index contributed by atoms with van der Waals surface area (Å²) < 4.78 is 6.10. The molecule has 3 fully saturated rings. The van der Waals surface area contributed by atoms with Crippen LogP contribution < -0.4 is 0 Å². The second-order valence-electron chi connectivity index (χ2n) is 5.30. The van der Waals surface area contributed by atoms with E-state index in [0.717, 1.165) is 37.9 Å². The predicted molar refractivity (Wildman–Crippen MR) is 50.5 cm³/mol. The first-order valence-electron chi connectivity index (χ1n) is 5.71. The minimum Gasteiger partial charge on any atom is -0.490 e. The van der Waals surface area contributed by atoms with Crippen LogP contribution in [-0.4, -0.2) is 11.4 Å². The van der Waals surface area contributed by atoms with Gasteiger partial charge in [-0.05, 0) is 38.2 Å². The van der Waals surface area contributed by atoms with Gasteiger partial charge in [-0.3, -0.25) is 4.79 Å². The maximum atomic E-state index is 12.3. The highest BCUT2D eigenvalue weighted by molar-refractivity contribution is 5.94. The third-order valence-electron chi connectivity index (χ3n) is 4.99. The van der Waals surface area contributed by atoms with Crippen molar-refractivity contribution in [1.82, 2.24) is 0 Å². The zero-order valence-corrected chi connectivity index (χ0v) is 8.21. The van der Waals surface area contributed by atoms with E-state index in [-0.39, 0.29) is 16.9 Å². The highest BCUT2D eigenvalue weighted by Gasteiger charge is 2.70. The molecule has 2 spiro atoms. The van der Waals surface area contributed by atoms with Crippen molar-refractivity contribution >= 4 is 5.78 Å². The molecule has 4 aliphatic rings. The van der Waals surface area contributed by atoms with Gasteiger partial charge in [0.05, 0.1) is 11.3 Å². The first-order chi connectivity index (χ1) is 6.78. The number of carbonyl (C=O) groups excluding carboxylic acids is 1. The van der Waals surface area contributed by atoms with Gasteiger partial charge in [-0.15, -0.1) is 0 Å². The summed E-state index contributed by atoms with van der Waals surface area (Å²) in [6.07, 6.45) is 8.70. The molecular formula is C12H14O2. The van der Waals surface area contributed by atoms with Gasteiger partial charge in [0.25, 0.3) is 0 Å². The topological polar surface area (TPSA) is 26.3 Å². The summed E-state index contributed by atoms with van der Waals surface area (Å²) in [5, 5.41) is 0. The molecular weight excluding hydrogens is 176 g/mol. The van der Waals surface area contributed by atoms with E-state index in [2.05, 4.69) is 6.08 Å². The van der Waals surface area contributed by atoms with Crippen LogP contribution >= 0.6 is 0 Å². The van der Waals surface area contributed by atoms with Gasteiger partial charge in [-0.1, -0.05) is 0 Å². The number of ketones is 1. The fourth-order valence-corrected chi connectivity index (χ4v) is 4.33. The molecule has 2 saturated carbocycles. The molecule has 1 saturated heterocycles. The van der Waals surface area contributed by atoms with Crippen molar-refractivity contribution in [2.45, 2.75) is 44.1 Å². The van der Waals surface area contributed by atoms with Gasteiger partial charge < -0.3 is 4.74 Å². The Labute approximate surface area is 83.3 Å². The van der Waals surface area contributed by atoms with Crippen LogP contribution in [0.4, 0.5) is 0 Å². The van der Waals surface area contributed by atoms with E-state index in [9.17, 15) is 4.79 Å². The molecule has 3 atom stereocenters. The second-order valence-corrected chi connectivity index (χ2v) is 5.30. The van der Waals surface area contributed by atoms with E-state index < -0.39 is 0 Å². The van der Waals surface area contributed by atoms with Gasteiger partial charge in [0, 0.05) is 6.42 Å². The van der Waals surface area contributed by atoms with Crippen LogP contribution in [0.3, 0.4) is 0 Å². The summed E-state index contributed by atoms with van der Waals surface area (Å²) in [6, 6.07) is 0. The first-order valence-corrected chi connectivity index (χ1v) is 5.71. The van der Waals surface area contributed by atoms with Gasteiger partial charge in [0.15, 0.2) is 5.78 Å². The summed E-state index contributed by atoms with van der Waals surface area (Å²) in [4.78, 5) is 12.3. The van der Waals surface area contributed by atoms with Gasteiger partial charge >= 0.3 is 0 Å². The molecule has 0 unspecified atom stereocenters. The largest absolute Gasteiger partial charge is 0.490 e. The Morgan fingerprint density at radius 3 is 3.21 bits per heavy atom. The van der Waals surface area contributed by atoms with Crippen LogP contribution in [0.1, 0.15) is 38.5 Å². The van der Waals surface area contributed by atoms with E-state index in [1.807, 2.05) is 0 Å². The van der Waals surface area contributed by atoms with Crippen LogP contribution in [0.15, 0.2) is 11.8 Å². The number of carbonyl (C=O) groups is 1. The Kier molecular flexibility index (Phi) is 1.03. The Hall–Kier alpha value is -0.790. The quantitative estimate of drug-likeness (QED) is 0.585. The molecule has 74 valence electrons. The zero-order valence-electron chi connectivity index (χ0n) is 8.21. The third kappa shape index (κ3) is 0.524. The average molecular weight is 190 g/mol. The van der Waals surface area contributed by atoms with Crippen LogP contribution in [0.5, 0.6) is 0 Å². The van der Waals surface area contributed by atoms with E-state index in [4.69, 9.17) is 4.74 Å². The summed E-state index contributed by atoms with van der Waals surface area (Å²) in [5.41, 5.74) is -0.138. The summed E-state index contributed by atoms with van der Waals surface area (Å²) in [6.45, 7) is 0. The van der Waals surface area contributed by atoms with Crippen LogP contribution in [0.2, 0.25) is 0 Å². The third-order valence-corrected chi connectivity index (χ3v) is 4.99. The smallest absolute Gasteiger partial charge is 0.153 e. The van der Waals surface area contributed by atoms with Crippen molar-refractivity contribution in [3.8, 4) is 0 Å². The lowest BCUT2D eigenvalue weighted by Crippen LogP contribution is -2.50. The van der Waals surface area contributed by atoms with E-state index >= 15 is 0 Å². The van der Waals surface area contributed by atoms with Gasteiger partial charge in [0.1, 0.15) is 11.4 Å². The number of Topliss-reactive ketones (excluding diaryl/α,β-unsaturated/α-hetero) is 1. The standard InChI is InChI=1S/C12H14O2/c13-10-8-2-6-11(10)4-1-5-12(11)7-3-9(8)14-12/h3,8H,1-2,4-7H2/t8-,11-,12+/m1/s1. The summed E-state index contributed by atoms with van der Waals surface area (Å²) in [7, 11) is 0. The van der Waals surface area contributed by atoms with E-state index in [0.29, 0.717) is 5.78 Å². The molecule has 0 N–H and O–H groups in total. The van der Waals surface area contributed by atoms with Gasteiger partial charge in [-0.2, -0.15) is 0 Å². The van der Waals surface area contributed by atoms with Crippen molar-refractivity contribution in [1.29, 1.82) is 0 Å². The molecule has 2 nitrogen and oxygen atoms in total. The SMILES string of the molecule is O=C1[C@@H]2CC[C@]13CCC[C@]31CC=C2O1. The van der Waals surface area contributed by atoms with Crippen molar-refractivity contribution in [3.63, 3.8) is 0 Å². The number of fused-ring (bicyclic) bond motifs is 3. The number of hydrogen-bond acceptors (Lipinski definition) is 2. The molecule has 4 rings (SSSR count). The first kappa shape index (κ1) is 7.49. The fraction of sp³-hybridized carbons (Fsp3) is 0.750. The van der Waals surface area contributed by atoms with E-state index in [1.165, 1.54) is 6.42 Å². The normalized spacial score (nSPS) is 53.0. The minimum absolute atomic E-state index is 0.0613. The lowest BCUT2D eigenvalue weighted by molar-refractivity contribution is -0.152. The van der Waals surface area contributed by atoms with Crippen molar-refractivity contribution in [2.24, 2.45) is 11.3 Å².